The molecule has 0 saturated carbocycles. The number of nitrogens with one attached hydrogen (secondary N) is 1. The van der Waals surface area contributed by atoms with Crippen LogP contribution in [0.4, 0.5) is 18.9 Å². The van der Waals surface area contributed by atoms with E-state index in [0.29, 0.717) is 36.9 Å². The molecule has 12 nitrogen and oxygen atoms in total. The van der Waals surface area contributed by atoms with Gasteiger partial charge in [0.15, 0.2) is 11.4 Å². The number of nitrogens with zero attached hydrogens (tertiary/aromatic N) is 5. The monoisotopic (exact) mass is 624 g/mol. The topological polar surface area (TPSA) is 144 Å². The molecule has 15 heteroatoms. The van der Waals surface area contributed by atoms with E-state index in [0.717, 1.165) is 47.6 Å². The smallest absolute Gasteiger partial charge is 0.490 e. The number of morpholine rings is 1. The predicted octanol–water partition coefficient (Wildman–Crippen LogP) is 3.94. The molecule has 4 rings (SSSR count). The Morgan fingerprint density at radius 2 is 1.73 bits per heavy atom. The van der Waals surface area contributed by atoms with Crippen LogP contribution in [0.3, 0.4) is 0 Å². The average molecular weight is 625 g/mol. The van der Waals surface area contributed by atoms with E-state index in [-0.39, 0.29) is 23.4 Å². The van der Waals surface area contributed by atoms with Crippen molar-refractivity contribution in [2.45, 2.75) is 66.1 Å². The number of alkyl halides is 3. The van der Waals surface area contributed by atoms with Crippen LogP contribution in [0.1, 0.15) is 61.7 Å². The number of methoxy groups -OCH3 is 1. The Labute approximate surface area is 252 Å². The van der Waals surface area contributed by atoms with E-state index in [1.807, 2.05) is 32.9 Å². The van der Waals surface area contributed by atoms with Crippen LogP contribution in [0.15, 0.2) is 12.1 Å². The largest absolute Gasteiger partial charge is 0.494 e. The van der Waals surface area contributed by atoms with Gasteiger partial charge in [0.05, 0.1) is 32.6 Å². The van der Waals surface area contributed by atoms with Crippen molar-refractivity contribution >= 4 is 23.1 Å². The van der Waals surface area contributed by atoms with E-state index >= 15 is 0 Å². The Morgan fingerprint density at radius 1 is 1.11 bits per heavy atom. The molecule has 0 bridgehead atoms. The van der Waals surface area contributed by atoms with Gasteiger partial charge < -0.3 is 24.2 Å². The Balaban J connectivity index is 0.000000676. The van der Waals surface area contributed by atoms with Crippen molar-refractivity contribution in [1.82, 2.24) is 19.4 Å². The van der Waals surface area contributed by atoms with Crippen LogP contribution in [0, 0.1) is 12.3 Å². The SMILES string of the molecule is CCOc1nn2c(=N)n(CC(=O)c3cc(N4CCOCC4)c(OC)c(C(C)(C)C)c3)nc2c(C)c1CC.O=C(O)C(F)(F)F. The average Bonchev–Trinajstić information content (AvgIpc) is 3.27. The minimum Gasteiger partial charge on any atom is -0.494 e. The highest BCUT2D eigenvalue weighted by atomic mass is 19.4. The lowest BCUT2D eigenvalue weighted by Gasteiger charge is -2.33. The molecule has 2 N–H and O–H groups in total. The minimum atomic E-state index is -5.08. The van der Waals surface area contributed by atoms with Crippen molar-refractivity contribution in [2.75, 3.05) is 44.9 Å². The molecule has 0 radical (unpaired) electrons. The van der Waals surface area contributed by atoms with Crippen LogP contribution in [0.5, 0.6) is 11.6 Å². The van der Waals surface area contributed by atoms with Gasteiger partial charge in [-0.1, -0.05) is 27.7 Å². The maximum atomic E-state index is 13.7. The molecular weight excluding hydrogens is 585 g/mol. The number of aromatic nitrogens is 4. The summed E-state index contributed by atoms with van der Waals surface area (Å²) in [5, 5.41) is 24.9. The molecule has 44 heavy (non-hydrogen) atoms. The Kier molecular flexibility index (Phi) is 10.7. The van der Waals surface area contributed by atoms with Gasteiger partial charge >= 0.3 is 12.1 Å². The van der Waals surface area contributed by atoms with Crippen molar-refractivity contribution in [3.63, 3.8) is 0 Å². The Bertz CT molecular complexity index is 1570. The first-order valence-corrected chi connectivity index (χ1v) is 14.1. The van der Waals surface area contributed by atoms with E-state index in [1.54, 1.807) is 7.11 Å². The molecule has 1 aromatic carbocycles. The lowest BCUT2D eigenvalue weighted by molar-refractivity contribution is -0.192. The van der Waals surface area contributed by atoms with E-state index < -0.39 is 12.1 Å². The third-order valence-electron chi connectivity index (χ3n) is 7.02. The number of carboxylic acid groups (broad SMARTS) is 1. The number of fused-ring (bicyclic) bond motifs is 1. The molecule has 1 aliphatic heterocycles. The Morgan fingerprint density at radius 3 is 2.23 bits per heavy atom. The lowest BCUT2D eigenvalue weighted by atomic mass is 9.84. The number of halogens is 3. The van der Waals surface area contributed by atoms with Gasteiger partial charge in [-0.15, -0.1) is 10.2 Å². The van der Waals surface area contributed by atoms with Crippen molar-refractivity contribution in [1.29, 1.82) is 5.41 Å². The number of rotatable bonds is 8. The summed E-state index contributed by atoms with van der Waals surface area (Å²) in [7, 11) is 1.67. The molecule has 1 aliphatic rings. The molecule has 0 atom stereocenters. The summed E-state index contributed by atoms with van der Waals surface area (Å²) >= 11 is 0. The van der Waals surface area contributed by atoms with Crippen LogP contribution in [0.25, 0.3) is 5.65 Å². The lowest BCUT2D eigenvalue weighted by Crippen LogP contribution is -2.37. The van der Waals surface area contributed by atoms with Crippen molar-refractivity contribution in [3.8, 4) is 11.6 Å². The first kappa shape index (κ1) is 34.4. The van der Waals surface area contributed by atoms with Crippen LogP contribution in [-0.2, 0) is 27.9 Å². The fourth-order valence-electron chi connectivity index (χ4n) is 4.78. The normalized spacial score (nSPS) is 13.8. The zero-order valence-corrected chi connectivity index (χ0v) is 26.0. The number of ketones is 1. The molecule has 3 aromatic rings. The van der Waals surface area contributed by atoms with E-state index in [2.05, 4.69) is 35.9 Å². The number of benzene rings is 1. The van der Waals surface area contributed by atoms with Gasteiger partial charge in [0.2, 0.25) is 11.5 Å². The fraction of sp³-hybridized carbons (Fsp3) is 0.552. The number of aryl methyl sites for hydroxylation is 1. The van der Waals surface area contributed by atoms with Gasteiger partial charge in [0.25, 0.3) is 0 Å². The third-order valence-corrected chi connectivity index (χ3v) is 7.02. The van der Waals surface area contributed by atoms with Gasteiger partial charge in [-0.25, -0.2) is 9.48 Å². The summed E-state index contributed by atoms with van der Waals surface area (Å²) in [6, 6.07) is 3.81. The highest BCUT2D eigenvalue weighted by Crippen LogP contribution is 2.40. The number of aliphatic carboxylic acids is 1. The number of carbonyl (C=O) groups excluding carboxylic acids is 1. The second kappa shape index (κ2) is 13.7. The molecule has 0 amide bonds. The number of carboxylic acids is 1. The molecule has 0 spiro atoms. The van der Waals surface area contributed by atoms with Gasteiger partial charge in [-0.3, -0.25) is 10.2 Å². The summed E-state index contributed by atoms with van der Waals surface area (Å²) < 4.78 is 51.7. The van der Waals surface area contributed by atoms with E-state index in [9.17, 15) is 18.0 Å². The Hall–Kier alpha value is -4.14. The van der Waals surface area contributed by atoms with Crippen LogP contribution in [-0.4, -0.2) is 82.4 Å². The number of ether oxygens (including phenoxy) is 3. The van der Waals surface area contributed by atoms with Crippen molar-refractivity contribution in [3.05, 3.63) is 40.0 Å². The number of hydrogen-bond acceptors (Lipinski definition) is 9. The maximum Gasteiger partial charge on any atom is 0.490 e. The predicted molar refractivity (Wildman–Crippen MR) is 155 cm³/mol. The summed E-state index contributed by atoms with van der Waals surface area (Å²) in [6.07, 6.45) is -4.35. The van der Waals surface area contributed by atoms with Gasteiger partial charge in [-0.2, -0.15) is 17.7 Å². The van der Waals surface area contributed by atoms with Gasteiger partial charge in [0.1, 0.15) is 12.3 Å². The molecule has 0 aliphatic carbocycles. The first-order valence-electron chi connectivity index (χ1n) is 14.1. The zero-order valence-electron chi connectivity index (χ0n) is 26.0. The van der Waals surface area contributed by atoms with Gasteiger partial charge in [0, 0.05) is 35.3 Å². The van der Waals surface area contributed by atoms with Crippen LogP contribution >= 0.6 is 0 Å². The van der Waals surface area contributed by atoms with Crippen molar-refractivity contribution < 1.29 is 42.1 Å². The highest BCUT2D eigenvalue weighted by molar-refractivity contribution is 5.98. The molecular formula is C29H39F3N6O6. The van der Waals surface area contributed by atoms with E-state index in [4.69, 9.17) is 29.5 Å². The number of hydrogen-bond donors (Lipinski definition) is 2. The highest BCUT2D eigenvalue weighted by Gasteiger charge is 2.38. The minimum absolute atomic E-state index is 0.0213. The second-order valence-electron chi connectivity index (χ2n) is 11.1. The second-order valence-corrected chi connectivity index (χ2v) is 11.1. The molecule has 3 heterocycles. The first-order chi connectivity index (χ1) is 20.5. The van der Waals surface area contributed by atoms with Crippen LogP contribution < -0.4 is 20.0 Å². The maximum absolute atomic E-state index is 13.7. The molecule has 242 valence electrons. The van der Waals surface area contributed by atoms with E-state index in [1.165, 1.54) is 9.20 Å². The fourth-order valence-corrected chi connectivity index (χ4v) is 4.78. The number of anilines is 1. The summed E-state index contributed by atoms with van der Waals surface area (Å²) in [4.78, 5) is 24.8. The van der Waals surface area contributed by atoms with Gasteiger partial charge in [-0.05, 0) is 37.8 Å². The van der Waals surface area contributed by atoms with Crippen LogP contribution in [0.2, 0.25) is 0 Å². The third kappa shape index (κ3) is 7.49. The number of Topliss-reactive ketones (excluding diaryl/α,β-unsaturated/α-hetero) is 1. The molecule has 1 saturated heterocycles. The standard InChI is InChI=1S/C27H38N6O4.C2HF3O2/c1-8-19-17(3)24-29-32(26(28)33(24)30-25(19)37-9-2)16-22(34)18-14-20(27(4,5)6)23(35-7)21(15-18)31-10-12-36-13-11-31;3-2(4,5)1(6)7/h14-15,28H,8-13,16H2,1-7H3;(H,6,7). The summed E-state index contributed by atoms with van der Waals surface area (Å²) in [5.41, 5.74) is 4.59. The molecule has 0 unspecified atom stereocenters. The summed E-state index contributed by atoms with van der Waals surface area (Å²) in [5.74, 6) is -1.61. The molecule has 2 aromatic heterocycles. The quantitative estimate of drug-likeness (QED) is 0.356. The number of carbonyl (C=O) groups is 2. The van der Waals surface area contributed by atoms with Crippen molar-refractivity contribution in [2.24, 2.45) is 0 Å². The molecule has 1 fully saturated rings. The zero-order chi connectivity index (χ0) is 33.0. The summed E-state index contributed by atoms with van der Waals surface area (Å²) in [6.45, 7) is 15.3.